The number of halogens is 1. The first kappa shape index (κ1) is 14.8. The Bertz CT molecular complexity index is 593. The van der Waals surface area contributed by atoms with Gasteiger partial charge in [0.05, 0.1) is 22.9 Å². The lowest BCUT2D eigenvalue weighted by atomic mass is 10.2. The van der Waals surface area contributed by atoms with Crippen molar-refractivity contribution >= 4 is 28.8 Å². The van der Waals surface area contributed by atoms with Crippen molar-refractivity contribution in [1.29, 1.82) is 0 Å². The predicted octanol–water partition coefficient (Wildman–Crippen LogP) is 2.95. The molecule has 4 nitrogen and oxygen atoms in total. The first-order chi connectivity index (χ1) is 9.58. The van der Waals surface area contributed by atoms with Crippen LogP contribution in [0.5, 0.6) is 5.75 Å². The molecule has 2 aromatic rings. The highest BCUT2D eigenvalue weighted by Gasteiger charge is 2.05. The number of aromatic nitrogens is 2. The second-order valence-corrected chi connectivity index (χ2v) is 5.23. The van der Waals surface area contributed by atoms with Crippen LogP contribution in [0.4, 0.5) is 0 Å². The summed E-state index contributed by atoms with van der Waals surface area (Å²) in [5, 5.41) is 4.97. The van der Waals surface area contributed by atoms with Crippen molar-refractivity contribution < 1.29 is 4.74 Å². The minimum Gasteiger partial charge on any atom is -0.493 e. The lowest BCUT2D eigenvalue weighted by Crippen LogP contribution is -2.12. The predicted molar refractivity (Wildman–Crippen MR) is 84.4 cm³/mol. The van der Waals surface area contributed by atoms with E-state index < -0.39 is 0 Å². The van der Waals surface area contributed by atoms with Gasteiger partial charge >= 0.3 is 0 Å². The first-order valence-corrected chi connectivity index (χ1v) is 7.07. The fraction of sp³-hybridized carbons (Fsp3) is 0.286. The van der Waals surface area contributed by atoms with Crippen LogP contribution in [0.1, 0.15) is 17.7 Å². The van der Waals surface area contributed by atoms with Gasteiger partial charge in [0.2, 0.25) is 0 Å². The summed E-state index contributed by atoms with van der Waals surface area (Å²) in [6, 6.07) is 7.50. The highest BCUT2D eigenvalue weighted by atomic mass is 35.5. The highest BCUT2D eigenvalue weighted by Crippen LogP contribution is 2.18. The molecular formula is C14H16ClN3OS. The lowest BCUT2D eigenvalue weighted by Gasteiger charge is -2.10. The number of ether oxygens (including phenoxy) is 1. The molecule has 0 aliphatic carbocycles. The SMILES string of the molecule is Cc1nn(CCCOc2ccccc2C(N)=S)cc1Cl. The van der Waals surface area contributed by atoms with Crippen molar-refractivity contribution in [3.8, 4) is 5.75 Å². The summed E-state index contributed by atoms with van der Waals surface area (Å²) in [6.45, 7) is 3.20. The summed E-state index contributed by atoms with van der Waals surface area (Å²) >= 11 is 10.9. The second kappa shape index (κ2) is 6.72. The number of thiocarbonyl (C=S) groups is 1. The molecule has 0 saturated carbocycles. The maximum Gasteiger partial charge on any atom is 0.129 e. The van der Waals surface area contributed by atoms with E-state index in [9.17, 15) is 0 Å². The minimum absolute atomic E-state index is 0.343. The van der Waals surface area contributed by atoms with Gasteiger partial charge in [0.1, 0.15) is 10.7 Å². The molecule has 0 aliphatic heterocycles. The van der Waals surface area contributed by atoms with Gasteiger partial charge in [-0.05, 0) is 19.1 Å². The highest BCUT2D eigenvalue weighted by molar-refractivity contribution is 7.80. The van der Waals surface area contributed by atoms with Crippen molar-refractivity contribution in [3.63, 3.8) is 0 Å². The normalized spacial score (nSPS) is 10.5. The average Bonchev–Trinajstić information content (AvgIpc) is 2.74. The minimum atomic E-state index is 0.343. The van der Waals surface area contributed by atoms with E-state index in [1.807, 2.05) is 42.1 Å². The number of nitrogens with zero attached hydrogens (tertiary/aromatic N) is 2. The number of nitrogens with two attached hydrogens (primary N) is 1. The quantitative estimate of drug-likeness (QED) is 0.658. The molecule has 0 amide bonds. The molecule has 1 heterocycles. The molecule has 20 heavy (non-hydrogen) atoms. The van der Waals surface area contributed by atoms with Gasteiger partial charge in [0, 0.05) is 19.2 Å². The topological polar surface area (TPSA) is 53.1 Å². The van der Waals surface area contributed by atoms with Crippen LogP contribution in [0.15, 0.2) is 30.5 Å². The van der Waals surface area contributed by atoms with Crippen molar-refractivity contribution in [2.75, 3.05) is 6.61 Å². The monoisotopic (exact) mass is 309 g/mol. The van der Waals surface area contributed by atoms with Crippen LogP contribution in [0.25, 0.3) is 0 Å². The summed E-state index contributed by atoms with van der Waals surface area (Å²) in [7, 11) is 0. The summed E-state index contributed by atoms with van der Waals surface area (Å²) in [5.74, 6) is 0.717. The largest absolute Gasteiger partial charge is 0.493 e. The van der Waals surface area contributed by atoms with Crippen LogP contribution in [0, 0.1) is 6.92 Å². The zero-order valence-electron chi connectivity index (χ0n) is 11.2. The molecule has 106 valence electrons. The molecule has 1 aromatic carbocycles. The Morgan fingerprint density at radius 3 is 2.85 bits per heavy atom. The molecule has 0 atom stereocenters. The first-order valence-electron chi connectivity index (χ1n) is 6.29. The molecule has 0 radical (unpaired) electrons. The summed E-state index contributed by atoms with van der Waals surface area (Å²) in [4.78, 5) is 0.343. The number of benzene rings is 1. The molecule has 6 heteroatoms. The van der Waals surface area contributed by atoms with Crippen molar-refractivity contribution in [1.82, 2.24) is 9.78 Å². The van der Waals surface area contributed by atoms with E-state index in [1.54, 1.807) is 0 Å². The second-order valence-electron chi connectivity index (χ2n) is 4.39. The summed E-state index contributed by atoms with van der Waals surface area (Å²) in [6.07, 6.45) is 2.64. The zero-order valence-corrected chi connectivity index (χ0v) is 12.7. The number of para-hydroxylation sites is 1. The number of hydrogen-bond acceptors (Lipinski definition) is 3. The molecule has 0 saturated heterocycles. The standard InChI is InChI=1S/C14H16ClN3OS/c1-10-12(15)9-18(17-10)7-4-8-19-13-6-3-2-5-11(13)14(16)20/h2-3,5-6,9H,4,7-8H2,1H3,(H2,16,20). The Morgan fingerprint density at radius 2 is 2.20 bits per heavy atom. The number of aryl methyl sites for hydroxylation is 2. The molecule has 1 aromatic heterocycles. The lowest BCUT2D eigenvalue weighted by molar-refractivity contribution is 0.298. The van der Waals surface area contributed by atoms with Gasteiger partial charge in [-0.2, -0.15) is 5.10 Å². The smallest absolute Gasteiger partial charge is 0.129 e. The average molecular weight is 310 g/mol. The molecule has 2 rings (SSSR count). The Morgan fingerprint density at radius 1 is 1.45 bits per heavy atom. The van der Waals surface area contributed by atoms with E-state index in [0.717, 1.165) is 30.0 Å². The maximum atomic E-state index is 5.95. The van der Waals surface area contributed by atoms with Crippen LogP contribution in [0.3, 0.4) is 0 Å². The maximum absolute atomic E-state index is 5.95. The van der Waals surface area contributed by atoms with Crippen LogP contribution >= 0.6 is 23.8 Å². The molecular weight excluding hydrogens is 294 g/mol. The van der Waals surface area contributed by atoms with E-state index in [0.29, 0.717) is 16.6 Å². The van der Waals surface area contributed by atoms with Gasteiger partial charge in [0.25, 0.3) is 0 Å². The van der Waals surface area contributed by atoms with E-state index in [2.05, 4.69) is 5.10 Å². The third-order valence-electron chi connectivity index (χ3n) is 2.83. The van der Waals surface area contributed by atoms with Crippen LogP contribution in [-0.4, -0.2) is 21.4 Å². The van der Waals surface area contributed by atoms with Crippen LogP contribution < -0.4 is 10.5 Å². The van der Waals surface area contributed by atoms with E-state index >= 15 is 0 Å². The molecule has 0 bridgehead atoms. The molecule has 0 aliphatic rings. The molecule has 0 spiro atoms. The third-order valence-corrected chi connectivity index (χ3v) is 3.42. The number of rotatable bonds is 6. The van der Waals surface area contributed by atoms with Gasteiger partial charge in [-0.25, -0.2) is 0 Å². The van der Waals surface area contributed by atoms with Gasteiger partial charge in [-0.15, -0.1) is 0 Å². The van der Waals surface area contributed by atoms with Crippen molar-refractivity contribution in [3.05, 3.63) is 46.7 Å². The van der Waals surface area contributed by atoms with E-state index in [-0.39, 0.29) is 0 Å². The van der Waals surface area contributed by atoms with Crippen molar-refractivity contribution in [2.24, 2.45) is 5.73 Å². The number of hydrogen-bond donors (Lipinski definition) is 1. The zero-order chi connectivity index (χ0) is 14.5. The van der Waals surface area contributed by atoms with Gasteiger partial charge in [-0.3, -0.25) is 4.68 Å². The molecule has 0 fully saturated rings. The molecule has 2 N–H and O–H groups in total. The van der Waals surface area contributed by atoms with E-state index in [1.165, 1.54) is 0 Å². The Labute approximate surface area is 128 Å². The van der Waals surface area contributed by atoms with Gasteiger partial charge in [0.15, 0.2) is 0 Å². The van der Waals surface area contributed by atoms with E-state index in [4.69, 9.17) is 34.3 Å². The van der Waals surface area contributed by atoms with Crippen LogP contribution in [-0.2, 0) is 6.54 Å². The van der Waals surface area contributed by atoms with Crippen molar-refractivity contribution in [2.45, 2.75) is 19.9 Å². The Hall–Kier alpha value is -1.59. The fourth-order valence-corrected chi connectivity index (χ4v) is 2.13. The fourth-order valence-electron chi connectivity index (χ4n) is 1.81. The van der Waals surface area contributed by atoms with Gasteiger partial charge < -0.3 is 10.5 Å². The Balaban J connectivity index is 1.86. The molecule has 0 unspecified atom stereocenters. The Kier molecular flexibility index (Phi) is 4.98. The van der Waals surface area contributed by atoms with Gasteiger partial charge in [-0.1, -0.05) is 36.0 Å². The summed E-state index contributed by atoms with van der Waals surface area (Å²) < 4.78 is 7.54. The van der Waals surface area contributed by atoms with Crippen LogP contribution in [0.2, 0.25) is 5.02 Å². The third kappa shape index (κ3) is 3.71. The summed E-state index contributed by atoms with van der Waals surface area (Å²) in [5.41, 5.74) is 7.26.